The Bertz CT molecular complexity index is 898. The van der Waals surface area contributed by atoms with Gasteiger partial charge in [0, 0.05) is 29.1 Å². The summed E-state index contributed by atoms with van der Waals surface area (Å²) in [5.74, 6) is 0.797. The number of benzene rings is 1. The number of likely N-dealkylation sites (N-methyl/N-ethyl adjacent to an activating group) is 1. The van der Waals surface area contributed by atoms with Crippen LogP contribution in [-0.2, 0) is 17.7 Å². The smallest absolute Gasteiger partial charge is 0.207 e. The van der Waals surface area contributed by atoms with Crippen molar-refractivity contribution in [3.63, 3.8) is 0 Å². The molecule has 6 heteroatoms. The molecule has 1 aromatic heterocycles. The van der Waals surface area contributed by atoms with Crippen molar-refractivity contribution >= 4 is 34.3 Å². The molecule has 25 heavy (non-hydrogen) atoms. The van der Waals surface area contributed by atoms with E-state index in [2.05, 4.69) is 9.89 Å². The van der Waals surface area contributed by atoms with E-state index in [1.807, 2.05) is 33.0 Å². The van der Waals surface area contributed by atoms with Crippen molar-refractivity contribution in [3.8, 4) is 0 Å². The topological polar surface area (TPSA) is 55.0 Å². The van der Waals surface area contributed by atoms with Gasteiger partial charge in [0.05, 0.1) is 12.0 Å². The highest BCUT2D eigenvalue weighted by molar-refractivity contribution is 6.32. The van der Waals surface area contributed by atoms with Crippen LogP contribution in [0.3, 0.4) is 0 Å². The average molecular weight is 361 g/mol. The van der Waals surface area contributed by atoms with E-state index in [0.717, 1.165) is 40.1 Å². The molecule has 5 nitrogen and oxygen atoms in total. The first kappa shape index (κ1) is 16.6. The number of aliphatic imine (C=N–C) groups is 1. The SMILES string of the molecule is CN1CCc2c(Cl)ccc3oc(C(=O)CC4=NC(C)(C)CO4)c(c23)C1. The van der Waals surface area contributed by atoms with Crippen LogP contribution < -0.4 is 0 Å². The van der Waals surface area contributed by atoms with E-state index in [1.54, 1.807) is 0 Å². The molecule has 0 bridgehead atoms. The number of Topliss-reactive ketones (excluding diaryl/α,β-unsaturated/α-hetero) is 1. The van der Waals surface area contributed by atoms with Gasteiger partial charge < -0.3 is 14.1 Å². The molecule has 0 fully saturated rings. The minimum Gasteiger partial charge on any atom is -0.478 e. The van der Waals surface area contributed by atoms with E-state index >= 15 is 0 Å². The molecule has 0 radical (unpaired) electrons. The first-order chi connectivity index (χ1) is 11.8. The molecule has 0 aliphatic carbocycles. The molecule has 0 unspecified atom stereocenters. The Kier molecular flexibility index (Phi) is 3.89. The zero-order valence-electron chi connectivity index (χ0n) is 14.7. The zero-order valence-corrected chi connectivity index (χ0v) is 15.4. The lowest BCUT2D eigenvalue weighted by Crippen LogP contribution is -2.20. The van der Waals surface area contributed by atoms with Crippen LogP contribution in [-0.4, -0.2) is 42.3 Å². The molecule has 0 N–H and O–H groups in total. The van der Waals surface area contributed by atoms with Gasteiger partial charge in [0.15, 0.2) is 11.7 Å². The van der Waals surface area contributed by atoms with Crippen molar-refractivity contribution in [2.24, 2.45) is 4.99 Å². The first-order valence-corrected chi connectivity index (χ1v) is 8.88. The fourth-order valence-electron chi connectivity index (χ4n) is 3.54. The Morgan fingerprint density at radius 1 is 1.36 bits per heavy atom. The summed E-state index contributed by atoms with van der Waals surface area (Å²) in [5, 5.41) is 1.73. The van der Waals surface area contributed by atoms with Gasteiger partial charge in [-0.15, -0.1) is 0 Å². The maximum Gasteiger partial charge on any atom is 0.207 e. The fraction of sp³-hybridized carbons (Fsp3) is 0.474. The second-order valence-corrected chi connectivity index (χ2v) is 7.91. The molecule has 0 saturated carbocycles. The van der Waals surface area contributed by atoms with Gasteiger partial charge in [0.2, 0.25) is 5.78 Å². The van der Waals surface area contributed by atoms with Crippen molar-refractivity contribution < 1.29 is 13.9 Å². The van der Waals surface area contributed by atoms with Crippen molar-refractivity contribution in [3.05, 3.63) is 34.0 Å². The van der Waals surface area contributed by atoms with E-state index < -0.39 is 0 Å². The third kappa shape index (κ3) is 2.96. The summed E-state index contributed by atoms with van der Waals surface area (Å²) in [4.78, 5) is 19.6. The summed E-state index contributed by atoms with van der Waals surface area (Å²) in [6, 6.07) is 3.69. The number of halogens is 1. The lowest BCUT2D eigenvalue weighted by Gasteiger charge is -2.13. The van der Waals surface area contributed by atoms with Crippen molar-refractivity contribution in [1.82, 2.24) is 4.90 Å². The molecule has 1 aromatic carbocycles. The number of carbonyl (C=O) groups is 1. The van der Waals surface area contributed by atoms with Gasteiger partial charge in [-0.25, -0.2) is 4.99 Å². The fourth-order valence-corrected chi connectivity index (χ4v) is 3.80. The monoisotopic (exact) mass is 360 g/mol. The van der Waals surface area contributed by atoms with E-state index in [-0.39, 0.29) is 17.7 Å². The number of ether oxygens (including phenoxy) is 1. The number of carbonyl (C=O) groups excluding carboxylic acids is 1. The van der Waals surface area contributed by atoms with Gasteiger partial charge >= 0.3 is 0 Å². The van der Waals surface area contributed by atoms with Crippen molar-refractivity contribution in [2.75, 3.05) is 20.2 Å². The molecule has 0 atom stereocenters. The van der Waals surface area contributed by atoms with Crippen LogP contribution in [0, 0.1) is 0 Å². The number of rotatable bonds is 3. The summed E-state index contributed by atoms with van der Waals surface area (Å²) >= 11 is 6.40. The van der Waals surface area contributed by atoms with E-state index in [4.69, 9.17) is 20.8 Å². The van der Waals surface area contributed by atoms with E-state index in [9.17, 15) is 4.79 Å². The molecule has 4 rings (SSSR count). The Morgan fingerprint density at radius 3 is 2.88 bits per heavy atom. The maximum absolute atomic E-state index is 12.9. The minimum atomic E-state index is -0.268. The molecule has 2 aromatic rings. The minimum absolute atomic E-state index is 0.0972. The van der Waals surface area contributed by atoms with Crippen LogP contribution >= 0.6 is 11.6 Å². The zero-order chi connectivity index (χ0) is 17.8. The highest BCUT2D eigenvalue weighted by Crippen LogP contribution is 2.36. The Balaban J connectivity index is 1.76. The number of ketones is 1. The average Bonchev–Trinajstić information content (AvgIpc) is 3.00. The summed E-state index contributed by atoms with van der Waals surface area (Å²) in [5.41, 5.74) is 2.45. The van der Waals surface area contributed by atoms with Crippen LogP contribution in [0.4, 0.5) is 0 Å². The molecule has 2 aliphatic rings. The molecule has 0 spiro atoms. The summed E-state index contributed by atoms with van der Waals surface area (Å²) < 4.78 is 11.5. The highest BCUT2D eigenvalue weighted by atomic mass is 35.5. The summed E-state index contributed by atoms with van der Waals surface area (Å²) in [6.07, 6.45) is 0.972. The van der Waals surface area contributed by atoms with Gasteiger partial charge in [-0.1, -0.05) is 11.6 Å². The van der Waals surface area contributed by atoms with Gasteiger partial charge in [-0.2, -0.15) is 0 Å². The normalized spacial score (nSPS) is 19.6. The summed E-state index contributed by atoms with van der Waals surface area (Å²) in [6.45, 7) is 6.04. The molecule has 2 aliphatic heterocycles. The molecule has 132 valence electrons. The second kappa shape index (κ2) is 5.85. The van der Waals surface area contributed by atoms with Crippen LogP contribution in [0.2, 0.25) is 5.02 Å². The third-order valence-corrected chi connectivity index (χ3v) is 5.12. The molecule has 3 heterocycles. The predicted octanol–water partition coefficient (Wildman–Crippen LogP) is 3.85. The van der Waals surface area contributed by atoms with Crippen molar-refractivity contribution in [1.29, 1.82) is 0 Å². The first-order valence-electron chi connectivity index (χ1n) is 8.50. The van der Waals surface area contributed by atoms with Gasteiger partial charge in [-0.05, 0) is 45.0 Å². The Hall–Kier alpha value is -1.85. The number of nitrogens with zero attached hydrogens (tertiary/aromatic N) is 2. The Labute approximate surface area is 151 Å². The third-order valence-electron chi connectivity index (χ3n) is 4.76. The highest BCUT2D eigenvalue weighted by Gasteiger charge is 2.31. The van der Waals surface area contributed by atoms with Crippen molar-refractivity contribution in [2.45, 2.75) is 38.8 Å². The largest absolute Gasteiger partial charge is 0.478 e. The second-order valence-electron chi connectivity index (χ2n) is 7.50. The lowest BCUT2D eigenvalue weighted by atomic mass is 10.0. The predicted molar refractivity (Wildman–Crippen MR) is 97.7 cm³/mol. The van der Waals surface area contributed by atoms with Crippen LogP contribution in [0.1, 0.15) is 41.9 Å². The maximum atomic E-state index is 12.9. The van der Waals surface area contributed by atoms with Crippen LogP contribution in [0.5, 0.6) is 0 Å². The van der Waals surface area contributed by atoms with Gasteiger partial charge in [0.25, 0.3) is 0 Å². The van der Waals surface area contributed by atoms with Gasteiger partial charge in [0.1, 0.15) is 12.2 Å². The molecule has 0 amide bonds. The van der Waals surface area contributed by atoms with Gasteiger partial charge in [-0.3, -0.25) is 4.79 Å². The number of hydrogen-bond donors (Lipinski definition) is 0. The molecule has 0 saturated heterocycles. The quantitative estimate of drug-likeness (QED) is 0.780. The van der Waals surface area contributed by atoms with E-state index in [0.29, 0.717) is 24.8 Å². The van der Waals surface area contributed by atoms with Crippen LogP contribution in [0.15, 0.2) is 21.5 Å². The number of furan rings is 1. The Morgan fingerprint density at radius 2 is 2.16 bits per heavy atom. The standard InChI is InChI=1S/C19H21ClN2O3/c1-19(2)10-24-16(21-19)8-14(23)18-12-9-22(3)7-6-11-13(20)4-5-15(25-18)17(11)12/h4-5H,6-10H2,1-3H3. The number of hydrogen-bond acceptors (Lipinski definition) is 5. The molecular formula is C19H21ClN2O3. The molecular weight excluding hydrogens is 340 g/mol. The summed E-state index contributed by atoms with van der Waals surface area (Å²) in [7, 11) is 2.04. The van der Waals surface area contributed by atoms with Crippen LogP contribution in [0.25, 0.3) is 11.0 Å². The lowest BCUT2D eigenvalue weighted by molar-refractivity contribution is 0.0967. The van der Waals surface area contributed by atoms with E-state index in [1.165, 1.54) is 0 Å².